The molecule has 190 valence electrons. The Morgan fingerprint density at radius 1 is 1.14 bits per heavy atom. The fourth-order valence-corrected chi connectivity index (χ4v) is 4.96. The number of carbonyl (C=O) groups is 1. The number of alkyl halides is 3. The minimum Gasteiger partial charge on any atom is -0.468 e. The zero-order chi connectivity index (χ0) is 25.0. The van der Waals surface area contributed by atoms with Crippen molar-refractivity contribution in [3.8, 4) is 0 Å². The van der Waals surface area contributed by atoms with Crippen LogP contribution in [-0.4, -0.2) is 48.5 Å². The predicted molar refractivity (Wildman–Crippen MR) is 123 cm³/mol. The van der Waals surface area contributed by atoms with Crippen molar-refractivity contribution in [2.45, 2.75) is 44.3 Å². The van der Waals surface area contributed by atoms with Crippen LogP contribution in [0.2, 0.25) is 0 Å². The monoisotopic (exact) mass is 494 g/mol. The Kier molecular flexibility index (Phi) is 7.63. The second kappa shape index (κ2) is 10.7. The summed E-state index contributed by atoms with van der Waals surface area (Å²) in [5.74, 6) is 0.468. The molecule has 0 spiro atoms. The van der Waals surface area contributed by atoms with Gasteiger partial charge in [-0.1, -0.05) is 6.42 Å². The van der Waals surface area contributed by atoms with Crippen LogP contribution in [0.5, 0.6) is 0 Å². The number of nitro groups is 1. The van der Waals surface area contributed by atoms with Crippen molar-refractivity contribution < 1.29 is 27.3 Å². The van der Waals surface area contributed by atoms with E-state index in [1.165, 1.54) is 6.42 Å². The molecule has 11 heteroatoms. The molecule has 4 rings (SSSR count). The molecule has 2 aromatic rings. The first-order valence-corrected chi connectivity index (χ1v) is 11.9. The highest BCUT2D eigenvalue weighted by atomic mass is 19.4. The summed E-state index contributed by atoms with van der Waals surface area (Å²) in [5, 5.41) is 14.5. The smallest absolute Gasteiger partial charge is 0.416 e. The summed E-state index contributed by atoms with van der Waals surface area (Å²) in [6.07, 6.45) is 1.31. The van der Waals surface area contributed by atoms with Crippen LogP contribution in [-0.2, 0) is 11.0 Å². The van der Waals surface area contributed by atoms with Gasteiger partial charge in [-0.15, -0.1) is 0 Å². The van der Waals surface area contributed by atoms with Crippen LogP contribution < -0.4 is 10.2 Å². The zero-order valence-corrected chi connectivity index (χ0v) is 19.3. The Morgan fingerprint density at radius 2 is 1.86 bits per heavy atom. The van der Waals surface area contributed by atoms with Gasteiger partial charge in [0.1, 0.15) is 11.4 Å². The Labute approximate surface area is 201 Å². The van der Waals surface area contributed by atoms with Crippen molar-refractivity contribution in [2.75, 3.05) is 37.6 Å². The lowest BCUT2D eigenvalue weighted by molar-refractivity contribution is -0.384. The van der Waals surface area contributed by atoms with Crippen molar-refractivity contribution in [1.29, 1.82) is 0 Å². The molecule has 3 heterocycles. The van der Waals surface area contributed by atoms with Gasteiger partial charge >= 0.3 is 6.18 Å². The van der Waals surface area contributed by atoms with Crippen molar-refractivity contribution in [2.24, 2.45) is 5.92 Å². The van der Waals surface area contributed by atoms with Gasteiger partial charge in [-0.3, -0.25) is 19.8 Å². The maximum Gasteiger partial charge on any atom is 0.416 e. The van der Waals surface area contributed by atoms with Crippen LogP contribution >= 0.6 is 0 Å². The highest BCUT2D eigenvalue weighted by Gasteiger charge is 2.35. The second-order valence-electron chi connectivity index (χ2n) is 9.09. The number of anilines is 1. The number of nitrogens with one attached hydrogen (secondary N) is 1. The van der Waals surface area contributed by atoms with Gasteiger partial charge in [-0.25, -0.2) is 0 Å². The van der Waals surface area contributed by atoms with E-state index in [2.05, 4.69) is 10.2 Å². The highest BCUT2D eigenvalue weighted by molar-refractivity contribution is 5.79. The van der Waals surface area contributed by atoms with E-state index in [0.29, 0.717) is 38.5 Å². The molecule has 1 atom stereocenters. The number of furan rings is 1. The fourth-order valence-electron chi connectivity index (χ4n) is 4.96. The summed E-state index contributed by atoms with van der Waals surface area (Å²) >= 11 is 0. The summed E-state index contributed by atoms with van der Waals surface area (Å²) in [6, 6.07) is 6.29. The molecular weight excluding hydrogens is 465 g/mol. The minimum atomic E-state index is -4.66. The summed E-state index contributed by atoms with van der Waals surface area (Å²) in [4.78, 5) is 27.6. The summed E-state index contributed by atoms with van der Waals surface area (Å²) in [7, 11) is 0. The van der Waals surface area contributed by atoms with E-state index in [0.717, 1.165) is 43.8 Å². The largest absolute Gasteiger partial charge is 0.468 e. The van der Waals surface area contributed by atoms with Gasteiger partial charge in [0.2, 0.25) is 5.91 Å². The van der Waals surface area contributed by atoms with Crippen LogP contribution in [0.25, 0.3) is 0 Å². The first kappa shape index (κ1) is 25.0. The maximum atomic E-state index is 13.0. The molecular formula is C24H29F3N4O4. The molecule has 2 aliphatic heterocycles. The van der Waals surface area contributed by atoms with E-state index in [9.17, 15) is 28.1 Å². The molecule has 2 saturated heterocycles. The van der Waals surface area contributed by atoms with Gasteiger partial charge < -0.3 is 14.6 Å². The first-order chi connectivity index (χ1) is 16.7. The van der Waals surface area contributed by atoms with Gasteiger partial charge in [0, 0.05) is 31.6 Å². The minimum absolute atomic E-state index is 0.0378. The van der Waals surface area contributed by atoms with E-state index >= 15 is 0 Å². The average Bonchev–Trinajstić information content (AvgIpc) is 3.38. The third-order valence-corrected chi connectivity index (χ3v) is 6.88. The number of hydrogen-bond donors (Lipinski definition) is 1. The van der Waals surface area contributed by atoms with Gasteiger partial charge in [0.15, 0.2) is 0 Å². The number of halogens is 3. The van der Waals surface area contributed by atoms with Crippen LogP contribution in [0, 0.1) is 16.0 Å². The third-order valence-electron chi connectivity index (χ3n) is 6.88. The quantitative estimate of drug-likeness (QED) is 0.441. The number of amides is 1. The van der Waals surface area contributed by atoms with Gasteiger partial charge in [0.05, 0.1) is 22.8 Å². The SMILES string of the molecule is O=C(NC[C@H](c1ccco1)N1CCCCC1)C1CCN(c2ccc(C(F)(F)F)cc2[N+](=O)[O-])CC1. The lowest BCUT2D eigenvalue weighted by Gasteiger charge is -2.35. The number of benzene rings is 1. The van der Waals surface area contributed by atoms with Crippen LogP contribution in [0.4, 0.5) is 24.5 Å². The second-order valence-corrected chi connectivity index (χ2v) is 9.09. The number of hydrogen-bond acceptors (Lipinski definition) is 6. The maximum absolute atomic E-state index is 13.0. The summed E-state index contributed by atoms with van der Waals surface area (Å²) in [6.45, 7) is 3.02. The van der Waals surface area contributed by atoms with E-state index < -0.39 is 22.4 Å². The molecule has 2 aliphatic rings. The molecule has 2 fully saturated rings. The number of rotatable bonds is 7. The Morgan fingerprint density at radius 3 is 2.46 bits per heavy atom. The van der Waals surface area contributed by atoms with Gasteiger partial charge in [-0.05, 0) is 63.0 Å². The summed E-state index contributed by atoms with van der Waals surface area (Å²) in [5.41, 5.74) is -1.49. The average molecular weight is 495 g/mol. The van der Waals surface area contributed by atoms with Gasteiger partial charge in [0.25, 0.3) is 5.69 Å². The van der Waals surface area contributed by atoms with Crippen LogP contribution in [0.3, 0.4) is 0 Å². The molecule has 0 unspecified atom stereocenters. The molecule has 35 heavy (non-hydrogen) atoms. The van der Waals surface area contributed by atoms with Gasteiger partial charge in [-0.2, -0.15) is 13.2 Å². The van der Waals surface area contributed by atoms with Crippen molar-refractivity contribution in [1.82, 2.24) is 10.2 Å². The molecule has 1 aromatic heterocycles. The van der Waals surface area contributed by atoms with Crippen LogP contribution in [0.15, 0.2) is 41.0 Å². The standard InChI is InChI=1S/C24H29F3N4O4/c25-24(26,27)18-6-7-19(20(15-18)31(33)34)30-12-8-17(9-13-30)23(32)28-16-21(22-5-4-14-35-22)29-10-2-1-3-11-29/h4-7,14-15,17,21H,1-3,8-13,16H2,(H,28,32)/t21-/m1/s1. The van der Waals surface area contributed by atoms with Crippen molar-refractivity contribution in [3.63, 3.8) is 0 Å². The molecule has 0 bridgehead atoms. The molecule has 1 aromatic carbocycles. The molecule has 0 radical (unpaired) electrons. The Balaban J connectivity index is 1.36. The molecule has 0 saturated carbocycles. The number of nitro benzene ring substituents is 1. The fraction of sp³-hybridized carbons (Fsp3) is 0.542. The number of likely N-dealkylation sites (tertiary alicyclic amines) is 1. The number of carbonyl (C=O) groups excluding carboxylic acids is 1. The normalized spacial score (nSPS) is 18.9. The molecule has 8 nitrogen and oxygen atoms in total. The lowest BCUT2D eigenvalue weighted by atomic mass is 9.95. The lowest BCUT2D eigenvalue weighted by Crippen LogP contribution is -2.44. The topological polar surface area (TPSA) is 91.9 Å². The summed E-state index contributed by atoms with van der Waals surface area (Å²) < 4.78 is 44.6. The Bertz CT molecular complexity index is 1010. The van der Waals surface area contributed by atoms with E-state index in [4.69, 9.17) is 4.42 Å². The number of nitrogens with zero attached hydrogens (tertiary/aromatic N) is 3. The predicted octanol–water partition coefficient (Wildman–Crippen LogP) is 4.77. The van der Waals surface area contributed by atoms with Crippen molar-refractivity contribution >= 4 is 17.3 Å². The highest BCUT2D eigenvalue weighted by Crippen LogP contribution is 2.37. The van der Waals surface area contributed by atoms with Crippen LogP contribution in [0.1, 0.15) is 49.5 Å². The molecule has 1 amide bonds. The molecule has 1 N–H and O–H groups in total. The Hall–Kier alpha value is -3.08. The third kappa shape index (κ3) is 5.95. The zero-order valence-electron chi connectivity index (χ0n) is 19.3. The van der Waals surface area contributed by atoms with E-state index in [1.54, 1.807) is 11.2 Å². The molecule has 0 aliphatic carbocycles. The number of piperidine rings is 2. The first-order valence-electron chi connectivity index (χ1n) is 11.9. The van der Waals surface area contributed by atoms with E-state index in [1.807, 2.05) is 12.1 Å². The van der Waals surface area contributed by atoms with Crippen molar-refractivity contribution in [3.05, 3.63) is 58.0 Å². The van der Waals surface area contributed by atoms with E-state index in [-0.39, 0.29) is 23.6 Å².